The van der Waals surface area contributed by atoms with E-state index in [1.807, 2.05) is 20.8 Å². The van der Waals surface area contributed by atoms with Gasteiger partial charge in [-0.05, 0) is 38.5 Å². The first-order valence-electron chi connectivity index (χ1n) is 5.35. The van der Waals surface area contributed by atoms with Gasteiger partial charge < -0.3 is 16.3 Å². The Hall–Kier alpha value is -1.62. The fourth-order valence-corrected chi connectivity index (χ4v) is 1.36. The summed E-state index contributed by atoms with van der Waals surface area (Å²) in [7, 11) is 0. The Morgan fingerprint density at radius 1 is 1.47 bits per heavy atom. The highest BCUT2D eigenvalue weighted by Gasteiger charge is 2.12. The molecule has 5 heteroatoms. The molecule has 17 heavy (non-hydrogen) atoms. The number of benzene rings is 1. The standard InChI is InChI=1S/C12H18FN3O/c1-12(2,3)15-7-8-4-5-9(13)6-10(8)11(14)16-17/h4-6,15,17H,7H2,1-3H3,(H2,14,16). The number of nitrogens with zero attached hydrogens (tertiary/aromatic N) is 1. The highest BCUT2D eigenvalue weighted by molar-refractivity contribution is 5.98. The Morgan fingerprint density at radius 3 is 2.65 bits per heavy atom. The van der Waals surface area contributed by atoms with Gasteiger partial charge >= 0.3 is 0 Å². The Kier molecular flexibility index (Phi) is 4.07. The molecule has 1 rings (SSSR count). The fourth-order valence-electron chi connectivity index (χ4n) is 1.36. The zero-order valence-corrected chi connectivity index (χ0v) is 10.3. The van der Waals surface area contributed by atoms with Crippen LogP contribution in [0.1, 0.15) is 31.9 Å². The van der Waals surface area contributed by atoms with Crippen molar-refractivity contribution in [1.82, 2.24) is 5.32 Å². The van der Waals surface area contributed by atoms with E-state index < -0.39 is 5.82 Å². The maximum absolute atomic E-state index is 13.1. The summed E-state index contributed by atoms with van der Waals surface area (Å²) in [5.41, 5.74) is 6.65. The van der Waals surface area contributed by atoms with Crippen LogP contribution in [0.2, 0.25) is 0 Å². The fraction of sp³-hybridized carbons (Fsp3) is 0.417. The number of nitrogens with two attached hydrogens (primary N) is 1. The minimum atomic E-state index is -0.411. The molecule has 0 aliphatic carbocycles. The van der Waals surface area contributed by atoms with Gasteiger partial charge in [0.05, 0.1) is 0 Å². The van der Waals surface area contributed by atoms with Gasteiger partial charge in [-0.25, -0.2) is 4.39 Å². The summed E-state index contributed by atoms with van der Waals surface area (Å²) < 4.78 is 13.1. The third kappa shape index (κ3) is 4.03. The summed E-state index contributed by atoms with van der Waals surface area (Å²) in [6.45, 7) is 6.61. The first kappa shape index (κ1) is 13.4. The van der Waals surface area contributed by atoms with E-state index in [0.29, 0.717) is 12.1 Å². The summed E-state index contributed by atoms with van der Waals surface area (Å²) in [4.78, 5) is 0. The molecule has 0 aromatic heterocycles. The van der Waals surface area contributed by atoms with Gasteiger partial charge in [0.2, 0.25) is 0 Å². The smallest absolute Gasteiger partial charge is 0.170 e. The maximum atomic E-state index is 13.1. The molecule has 4 nitrogen and oxygen atoms in total. The van der Waals surface area contributed by atoms with Crippen LogP contribution in [0.25, 0.3) is 0 Å². The number of hydrogen-bond donors (Lipinski definition) is 3. The molecule has 0 atom stereocenters. The molecule has 0 unspecified atom stereocenters. The SMILES string of the molecule is CC(C)(C)NCc1ccc(F)cc1C(N)=NO. The first-order valence-corrected chi connectivity index (χ1v) is 5.35. The molecule has 0 fully saturated rings. The topological polar surface area (TPSA) is 70.6 Å². The van der Waals surface area contributed by atoms with Crippen molar-refractivity contribution in [3.63, 3.8) is 0 Å². The minimum absolute atomic E-state index is 0.0588. The second-order valence-electron chi connectivity index (χ2n) is 4.89. The summed E-state index contributed by atoms with van der Waals surface area (Å²) in [5.74, 6) is -0.499. The third-order valence-corrected chi connectivity index (χ3v) is 2.26. The molecule has 0 spiro atoms. The lowest BCUT2D eigenvalue weighted by Gasteiger charge is -2.21. The second-order valence-corrected chi connectivity index (χ2v) is 4.89. The van der Waals surface area contributed by atoms with E-state index in [2.05, 4.69) is 10.5 Å². The monoisotopic (exact) mass is 239 g/mol. The van der Waals surface area contributed by atoms with E-state index >= 15 is 0 Å². The Balaban J connectivity index is 2.99. The average molecular weight is 239 g/mol. The molecule has 94 valence electrons. The molecule has 1 aromatic carbocycles. The predicted octanol–water partition coefficient (Wildman–Crippen LogP) is 1.81. The van der Waals surface area contributed by atoms with E-state index in [0.717, 1.165) is 5.56 Å². The van der Waals surface area contributed by atoms with Crippen molar-refractivity contribution in [2.45, 2.75) is 32.9 Å². The molecule has 0 aliphatic rings. The Labute approximate surface area is 100 Å². The van der Waals surface area contributed by atoms with Crippen molar-refractivity contribution >= 4 is 5.84 Å². The quantitative estimate of drug-likeness (QED) is 0.326. The lowest BCUT2D eigenvalue weighted by Crippen LogP contribution is -2.35. The molecular formula is C12H18FN3O. The van der Waals surface area contributed by atoms with E-state index in [1.54, 1.807) is 6.07 Å². The van der Waals surface area contributed by atoms with Crippen LogP contribution < -0.4 is 11.1 Å². The molecule has 0 heterocycles. The molecule has 0 aliphatic heterocycles. The first-order chi connectivity index (χ1) is 7.83. The van der Waals surface area contributed by atoms with Crippen LogP contribution in [0.15, 0.2) is 23.4 Å². The van der Waals surface area contributed by atoms with Crippen LogP contribution >= 0.6 is 0 Å². The summed E-state index contributed by atoms with van der Waals surface area (Å²) >= 11 is 0. The molecule has 0 saturated carbocycles. The van der Waals surface area contributed by atoms with Gasteiger partial charge in [-0.3, -0.25) is 0 Å². The van der Waals surface area contributed by atoms with E-state index in [4.69, 9.17) is 10.9 Å². The van der Waals surface area contributed by atoms with E-state index in [9.17, 15) is 4.39 Å². The van der Waals surface area contributed by atoms with E-state index in [-0.39, 0.29) is 11.4 Å². The van der Waals surface area contributed by atoms with Crippen LogP contribution in [0.3, 0.4) is 0 Å². The highest BCUT2D eigenvalue weighted by Crippen LogP contribution is 2.12. The molecule has 4 N–H and O–H groups in total. The van der Waals surface area contributed by atoms with Gasteiger partial charge in [0.25, 0.3) is 0 Å². The lowest BCUT2D eigenvalue weighted by molar-refractivity contribution is 0.318. The molecule has 0 saturated heterocycles. The summed E-state index contributed by atoms with van der Waals surface area (Å²) in [5, 5.41) is 14.8. The van der Waals surface area contributed by atoms with E-state index in [1.165, 1.54) is 12.1 Å². The maximum Gasteiger partial charge on any atom is 0.170 e. The summed E-state index contributed by atoms with van der Waals surface area (Å²) in [6.07, 6.45) is 0. The number of amidine groups is 1. The van der Waals surface area contributed by atoms with Crippen molar-refractivity contribution in [1.29, 1.82) is 0 Å². The van der Waals surface area contributed by atoms with Crippen LogP contribution in [0.4, 0.5) is 4.39 Å². The van der Waals surface area contributed by atoms with Crippen molar-refractivity contribution in [2.24, 2.45) is 10.9 Å². The lowest BCUT2D eigenvalue weighted by atomic mass is 10.0. The van der Waals surface area contributed by atoms with Gasteiger partial charge in [-0.15, -0.1) is 0 Å². The zero-order chi connectivity index (χ0) is 13.1. The van der Waals surface area contributed by atoms with Crippen LogP contribution in [0.5, 0.6) is 0 Å². The molecule has 0 amide bonds. The molecular weight excluding hydrogens is 221 g/mol. The van der Waals surface area contributed by atoms with Crippen molar-refractivity contribution in [3.05, 3.63) is 35.1 Å². The molecule has 1 aromatic rings. The normalized spacial score (nSPS) is 12.8. The number of oxime groups is 1. The minimum Gasteiger partial charge on any atom is -0.409 e. The Morgan fingerprint density at radius 2 is 2.12 bits per heavy atom. The van der Waals surface area contributed by atoms with Gasteiger partial charge in [0.15, 0.2) is 5.84 Å². The largest absolute Gasteiger partial charge is 0.409 e. The van der Waals surface area contributed by atoms with Gasteiger partial charge in [0.1, 0.15) is 5.82 Å². The van der Waals surface area contributed by atoms with Gasteiger partial charge in [0, 0.05) is 17.6 Å². The van der Waals surface area contributed by atoms with Crippen LogP contribution in [-0.4, -0.2) is 16.6 Å². The molecule has 0 bridgehead atoms. The van der Waals surface area contributed by atoms with Crippen molar-refractivity contribution in [2.75, 3.05) is 0 Å². The van der Waals surface area contributed by atoms with Crippen LogP contribution in [0, 0.1) is 5.82 Å². The average Bonchev–Trinajstić information content (AvgIpc) is 2.25. The van der Waals surface area contributed by atoms with Crippen molar-refractivity contribution < 1.29 is 9.60 Å². The Bertz CT molecular complexity index is 424. The second kappa shape index (κ2) is 5.14. The zero-order valence-electron chi connectivity index (χ0n) is 10.3. The number of nitrogens with one attached hydrogen (secondary N) is 1. The number of hydrogen-bond acceptors (Lipinski definition) is 3. The number of rotatable bonds is 3. The number of halogens is 1. The highest BCUT2D eigenvalue weighted by atomic mass is 19.1. The van der Waals surface area contributed by atoms with Crippen LogP contribution in [-0.2, 0) is 6.54 Å². The predicted molar refractivity (Wildman–Crippen MR) is 65.5 cm³/mol. The van der Waals surface area contributed by atoms with Gasteiger partial charge in [-0.2, -0.15) is 0 Å². The third-order valence-electron chi connectivity index (χ3n) is 2.26. The summed E-state index contributed by atoms with van der Waals surface area (Å²) in [6, 6.07) is 4.24. The van der Waals surface area contributed by atoms with Gasteiger partial charge in [-0.1, -0.05) is 11.2 Å². The molecule has 0 radical (unpaired) electrons. The van der Waals surface area contributed by atoms with Crippen molar-refractivity contribution in [3.8, 4) is 0 Å².